The van der Waals surface area contributed by atoms with Crippen LogP contribution in [-0.4, -0.2) is 25.7 Å². The van der Waals surface area contributed by atoms with E-state index in [4.69, 9.17) is 5.73 Å². The second-order valence-electron chi connectivity index (χ2n) is 6.76. The minimum Gasteiger partial charge on any atom is -0.368 e. The van der Waals surface area contributed by atoms with E-state index in [1.165, 1.54) is 22.2 Å². The Hall–Kier alpha value is -3.91. The maximum Gasteiger partial charge on any atom is 0.271 e. The number of aromatic nitrogens is 4. The molecule has 5 aromatic rings. The summed E-state index contributed by atoms with van der Waals surface area (Å²) in [6, 6.07) is 19.7. The summed E-state index contributed by atoms with van der Waals surface area (Å²) in [4.78, 5) is 29.3. The topological polar surface area (TPSA) is 104 Å². The number of benzene rings is 2. The van der Waals surface area contributed by atoms with Crippen molar-refractivity contribution < 1.29 is 4.79 Å². The van der Waals surface area contributed by atoms with E-state index in [2.05, 4.69) is 15.2 Å². The van der Waals surface area contributed by atoms with Crippen LogP contribution in [0.25, 0.3) is 42.8 Å². The molecular weight excluding hydrogens is 398 g/mol. The average molecular weight is 413 g/mol. The van der Waals surface area contributed by atoms with Gasteiger partial charge in [-0.05, 0) is 5.56 Å². The summed E-state index contributed by atoms with van der Waals surface area (Å²) in [6.45, 7) is -0.220. The fourth-order valence-electron chi connectivity index (χ4n) is 3.51. The van der Waals surface area contributed by atoms with Crippen molar-refractivity contribution in [3.63, 3.8) is 0 Å². The number of nitrogens with two attached hydrogens (primary N) is 1. The van der Waals surface area contributed by atoms with Gasteiger partial charge in [0.15, 0.2) is 0 Å². The van der Waals surface area contributed by atoms with Gasteiger partial charge in [-0.3, -0.25) is 14.2 Å². The normalized spacial score (nSPS) is 11.2. The van der Waals surface area contributed by atoms with Gasteiger partial charge in [0.25, 0.3) is 5.56 Å². The third kappa shape index (κ3) is 2.94. The van der Waals surface area contributed by atoms with E-state index in [9.17, 15) is 9.59 Å². The third-order valence-electron chi connectivity index (χ3n) is 4.81. The molecule has 0 aliphatic rings. The lowest BCUT2D eigenvalue weighted by Crippen LogP contribution is -2.27. The summed E-state index contributed by atoms with van der Waals surface area (Å²) >= 11 is 1.22. The van der Waals surface area contributed by atoms with Gasteiger partial charge in [-0.15, -0.1) is 21.5 Å². The van der Waals surface area contributed by atoms with Crippen LogP contribution in [0, 0.1) is 0 Å². The van der Waals surface area contributed by atoms with Gasteiger partial charge in [0.2, 0.25) is 5.91 Å². The lowest BCUT2D eigenvalue weighted by Gasteiger charge is -2.10. The molecule has 0 aliphatic heterocycles. The van der Waals surface area contributed by atoms with E-state index in [-0.39, 0.29) is 12.1 Å². The molecule has 30 heavy (non-hydrogen) atoms. The molecule has 0 saturated carbocycles. The van der Waals surface area contributed by atoms with E-state index in [1.54, 1.807) is 0 Å². The fourth-order valence-corrected chi connectivity index (χ4v) is 4.55. The number of hydrogen-bond acceptors (Lipinski definition) is 6. The van der Waals surface area contributed by atoms with Crippen LogP contribution in [0.3, 0.4) is 0 Å². The standard InChI is InChI=1S/C22H15N5O2S/c23-15(28)11-27-12-24-19-17-16(13-7-3-1-4-8-13)18(14-9-5-2-6-10-14)25-26-21(17)30-20(19)22(27)29/h1-10,12H,11H2,(H2,23,28). The van der Waals surface area contributed by atoms with Crippen molar-refractivity contribution in [2.45, 2.75) is 6.54 Å². The Morgan fingerprint density at radius 1 is 0.967 bits per heavy atom. The summed E-state index contributed by atoms with van der Waals surface area (Å²) in [5, 5.41) is 9.68. The number of thiophene rings is 1. The molecule has 7 nitrogen and oxygen atoms in total. The highest BCUT2D eigenvalue weighted by Crippen LogP contribution is 2.40. The highest BCUT2D eigenvalue weighted by Gasteiger charge is 2.21. The Morgan fingerprint density at radius 2 is 1.63 bits per heavy atom. The highest BCUT2D eigenvalue weighted by molar-refractivity contribution is 7.25. The summed E-state index contributed by atoms with van der Waals surface area (Å²) < 4.78 is 1.64. The molecule has 146 valence electrons. The number of carbonyl (C=O) groups is 1. The molecule has 2 N–H and O–H groups in total. The van der Waals surface area contributed by atoms with Crippen LogP contribution in [0.2, 0.25) is 0 Å². The molecule has 1 amide bonds. The zero-order chi connectivity index (χ0) is 20.7. The van der Waals surface area contributed by atoms with E-state index in [1.807, 2.05) is 60.7 Å². The molecule has 3 heterocycles. The van der Waals surface area contributed by atoms with Crippen molar-refractivity contribution in [3.05, 3.63) is 77.3 Å². The third-order valence-corrected chi connectivity index (χ3v) is 5.86. The van der Waals surface area contributed by atoms with Crippen molar-refractivity contribution in [2.24, 2.45) is 5.73 Å². The first-order chi connectivity index (χ1) is 14.6. The zero-order valence-corrected chi connectivity index (χ0v) is 16.5. The molecule has 0 fully saturated rings. The Morgan fingerprint density at radius 3 is 2.30 bits per heavy atom. The van der Waals surface area contributed by atoms with Gasteiger partial charge in [-0.25, -0.2) is 4.98 Å². The van der Waals surface area contributed by atoms with Gasteiger partial charge < -0.3 is 5.73 Å². The lowest BCUT2D eigenvalue weighted by molar-refractivity contribution is -0.118. The number of primary amides is 1. The van der Waals surface area contributed by atoms with E-state index in [0.717, 1.165) is 27.8 Å². The summed E-state index contributed by atoms with van der Waals surface area (Å²) in [5.74, 6) is -0.601. The average Bonchev–Trinajstić information content (AvgIpc) is 3.15. The van der Waals surface area contributed by atoms with Crippen LogP contribution in [0.1, 0.15) is 0 Å². The molecule has 2 aromatic carbocycles. The molecular formula is C22H15N5O2S. The van der Waals surface area contributed by atoms with Gasteiger partial charge in [0, 0.05) is 16.5 Å². The maximum absolute atomic E-state index is 12.9. The van der Waals surface area contributed by atoms with E-state index in [0.29, 0.717) is 15.0 Å². The lowest BCUT2D eigenvalue weighted by atomic mass is 9.97. The van der Waals surface area contributed by atoms with Crippen LogP contribution in [0.4, 0.5) is 0 Å². The van der Waals surface area contributed by atoms with Gasteiger partial charge in [-0.1, -0.05) is 60.7 Å². The first-order valence-electron chi connectivity index (χ1n) is 9.21. The number of rotatable bonds is 4. The van der Waals surface area contributed by atoms with Crippen LogP contribution >= 0.6 is 11.3 Å². The van der Waals surface area contributed by atoms with E-state index >= 15 is 0 Å². The van der Waals surface area contributed by atoms with Crippen LogP contribution < -0.4 is 11.3 Å². The smallest absolute Gasteiger partial charge is 0.271 e. The molecule has 5 rings (SSSR count). The van der Waals surface area contributed by atoms with Crippen molar-refractivity contribution in [3.8, 4) is 22.4 Å². The Bertz CT molecular complexity index is 1460. The Labute approximate surface area is 174 Å². The second-order valence-corrected chi connectivity index (χ2v) is 7.76. The van der Waals surface area contributed by atoms with E-state index < -0.39 is 5.91 Å². The molecule has 0 unspecified atom stereocenters. The van der Waals surface area contributed by atoms with Crippen molar-refractivity contribution in [1.82, 2.24) is 19.7 Å². The number of carbonyl (C=O) groups excluding carboxylic acids is 1. The van der Waals surface area contributed by atoms with Gasteiger partial charge in [0.05, 0.1) is 11.8 Å². The van der Waals surface area contributed by atoms with Gasteiger partial charge >= 0.3 is 0 Å². The van der Waals surface area contributed by atoms with Gasteiger partial charge in [-0.2, -0.15) is 0 Å². The SMILES string of the molecule is NC(=O)Cn1cnc2c(sc3nnc(-c4ccccc4)c(-c4ccccc4)c32)c1=O. The first kappa shape index (κ1) is 18.1. The molecule has 0 bridgehead atoms. The highest BCUT2D eigenvalue weighted by atomic mass is 32.1. The molecule has 3 aromatic heterocycles. The number of fused-ring (bicyclic) bond motifs is 3. The first-order valence-corrected chi connectivity index (χ1v) is 10.0. The molecule has 0 aliphatic carbocycles. The largest absolute Gasteiger partial charge is 0.368 e. The molecule has 0 radical (unpaired) electrons. The quantitative estimate of drug-likeness (QED) is 0.487. The van der Waals surface area contributed by atoms with Crippen molar-refractivity contribution >= 4 is 37.7 Å². The summed E-state index contributed by atoms with van der Waals surface area (Å²) in [7, 11) is 0. The summed E-state index contributed by atoms with van der Waals surface area (Å²) in [6.07, 6.45) is 1.36. The minimum atomic E-state index is -0.601. The van der Waals surface area contributed by atoms with Crippen LogP contribution in [0.5, 0.6) is 0 Å². The Kier molecular flexibility index (Phi) is 4.33. The molecule has 0 saturated heterocycles. The van der Waals surface area contributed by atoms with Crippen LogP contribution in [-0.2, 0) is 11.3 Å². The molecule has 8 heteroatoms. The number of hydrogen-bond donors (Lipinski definition) is 1. The molecule has 0 spiro atoms. The zero-order valence-electron chi connectivity index (χ0n) is 15.6. The summed E-state index contributed by atoms with van der Waals surface area (Å²) in [5.41, 5.74) is 8.95. The number of amides is 1. The Balaban J connectivity index is 1.90. The van der Waals surface area contributed by atoms with Crippen molar-refractivity contribution in [2.75, 3.05) is 0 Å². The fraction of sp³-hybridized carbons (Fsp3) is 0.0455. The van der Waals surface area contributed by atoms with Gasteiger partial charge in [0.1, 0.15) is 21.8 Å². The molecule has 0 atom stereocenters. The monoisotopic (exact) mass is 413 g/mol. The predicted molar refractivity (Wildman–Crippen MR) is 117 cm³/mol. The second kappa shape index (κ2) is 7.16. The van der Waals surface area contributed by atoms with Crippen LogP contribution in [0.15, 0.2) is 71.8 Å². The maximum atomic E-state index is 12.9. The predicted octanol–water partition coefficient (Wildman–Crippen LogP) is 3.22. The number of nitrogens with zero attached hydrogens (tertiary/aromatic N) is 4. The minimum absolute atomic E-state index is 0.220. The van der Waals surface area contributed by atoms with Crippen molar-refractivity contribution in [1.29, 1.82) is 0 Å².